The van der Waals surface area contributed by atoms with Crippen molar-refractivity contribution >= 4 is 34.8 Å². The summed E-state index contributed by atoms with van der Waals surface area (Å²) in [6.07, 6.45) is -2.90. The number of halogens is 4. The van der Waals surface area contributed by atoms with Gasteiger partial charge in [0.25, 0.3) is 0 Å². The highest BCUT2D eigenvalue weighted by Gasteiger charge is 2.31. The largest absolute Gasteiger partial charge is 0.416 e. The number of para-hydroxylation sites is 1. The molecule has 210 valence electrons. The number of aryl methyl sites for hydroxylation is 5. The average molecular weight is 594 g/mol. The van der Waals surface area contributed by atoms with Crippen molar-refractivity contribution in [3.05, 3.63) is 115 Å². The fraction of sp³-hybridized carbons (Fsp3) is 0.194. The second kappa shape index (κ2) is 11.1. The maximum atomic E-state index is 13.3. The van der Waals surface area contributed by atoms with E-state index in [1.165, 1.54) is 33.7 Å². The summed E-state index contributed by atoms with van der Waals surface area (Å²) >= 11 is 8.14. The first-order valence-corrected chi connectivity index (χ1v) is 14.1. The molecule has 0 saturated heterocycles. The van der Waals surface area contributed by atoms with Crippen LogP contribution in [-0.4, -0.2) is 20.7 Å². The molecule has 10 heteroatoms. The summed E-state index contributed by atoms with van der Waals surface area (Å²) in [4.78, 5) is 5.63. The Kier molecular flexibility index (Phi) is 7.76. The van der Waals surface area contributed by atoms with Crippen LogP contribution in [0.1, 0.15) is 39.1 Å². The molecule has 0 atom stereocenters. The minimum absolute atomic E-state index is 0.155. The number of thiazole rings is 1. The van der Waals surface area contributed by atoms with Gasteiger partial charge in [-0.1, -0.05) is 48.0 Å². The van der Waals surface area contributed by atoms with Gasteiger partial charge in [-0.05, 0) is 81.1 Å². The smallest absolute Gasteiger partial charge is 0.221 e. The van der Waals surface area contributed by atoms with Crippen molar-refractivity contribution < 1.29 is 13.2 Å². The zero-order valence-electron chi connectivity index (χ0n) is 23.1. The van der Waals surface area contributed by atoms with Crippen LogP contribution in [0.5, 0.6) is 0 Å². The Hall–Kier alpha value is -3.95. The number of nitrogens with zero attached hydrogens (tertiary/aromatic N) is 5. The molecule has 0 radical (unpaired) electrons. The summed E-state index contributed by atoms with van der Waals surface area (Å²) in [7, 11) is 0. The van der Waals surface area contributed by atoms with Gasteiger partial charge in [0, 0.05) is 10.9 Å². The Labute approximate surface area is 244 Å². The van der Waals surface area contributed by atoms with Gasteiger partial charge in [0.05, 0.1) is 40.1 Å². The number of rotatable bonds is 5. The second-order valence-electron chi connectivity index (χ2n) is 9.86. The molecule has 0 N–H and O–H groups in total. The zero-order valence-corrected chi connectivity index (χ0v) is 24.7. The molecular weight excluding hydrogens is 567 g/mol. The van der Waals surface area contributed by atoms with Gasteiger partial charge in [-0.25, -0.2) is 14.4 Å². The lowest BCUT2D eigenvalue weighted by Gasteiger charge is -2.09. The van der Waals surface area contributed by atoms with E-state index in [1.807, 2.05) is 43.5 Å². The first kappa shape index (κ1) is 28.6. The number of aromatic nitrogens is 3. The van der Waals surface area contributed by atoms with Gasteiger partial charge in [0.2, 0.25) is 4.80 Å². The van der Waals surface area contributed by atoms with Crippen LogP contribution < -0.4 is 4.80 Å². The Morgan fingerprint density at radius 2 is 1.59 bits per heavy atom. The molecule has 0 unspecified atom stereocenters. The van der Waals surface area contributed by atoms with Gasteiger partial charge in [0.1, 0.15) is 5.15 Å². The highest BCUT2D eigenvalue weighted by molar-refractivity contribution is 7.07. The minimum atomic E-state index is -4.48. The van der Waals surface area contributed by atoms with E-state index in [2.05, 4.69) is 31.1 Å². The third-order valence-electron chi connectivity index (χ3n) is 6.90. The van der Waals surface area contributed by atoms with Gasteiger partial charge >= 0.3 is 6.18 Å². The van der Waals surface area contributed by atoms with Crippen molar-refractivity contribution in [3.63, 3.8) is 0 Å². The maximum absolute atomic E-state index is 13.3. The number of benzene rings is 3. The van der Waals surface area contributed by atoms with Crippen molar-refractivity contribution in [1.29, 1.82) is 0 Å². The molecule has 41 heavy (non-hydrogen) atoms. The Morgan fingerprint density at radius 3 is 2.27 bits per heavy atom. The van der Waals surface area contributed by atoms with Crippen LogP contribution in [0.3, 0.4) is 0 Å². The summed E-state index contributed by atoms with van der Waals surface area (Å²) in [5, 5.41) is 11.4. The van der Waals surface area contributed by atoms with Gasteiger partial charge in [0.15, 0.2) is 0 Å². The fourth-order valence-corrected chi connectivity index (χ4v) is 5.59. The summed E-state index contributed by atoms with van der Waals surface area (Å²) in [6.45, 7) is 9.90. The lowest BCUT2D eigenvalue weighted by Crippen LogP contribution is -2.12. The van der Waals surface area contributed by atoms with E-state index < -0.39 is 11.7 Å². The molecule has 5 aromatic rings. The molecule has 2 heterocycles. The van der Waals surface area contributed by atoms with E-state index in [0.717, 1.165) is 45.8 Å². The summed E-state index contributed by atoms with van der Waals surface area (Å²) in [6, 6.07) is 17.1. The van der Waals surface area contributed by atoms with Crippen LogP contribution in [0.15, 0.2) is 76.1 Å². The molecule has 0 amide bonds. The zero-order chi connectivity index (χ0) is 29.5. The molecular formula is C31H27ClF3N5S. The van der Waals surface area contributed by atoms with Gasteiger partial charge in [-0.2, -0.15) is 23.4 Å². The molecule has 2 aromatic heterocycles. The van der Waals surface area contributed by atoms with E-state index >= 15 is 0 Å². The summed E-state index contributed by atoms with van der Waals surface area (Å²) < 4.78 is 43.0. The highest BCUT2D eigenvalue weighted by Crippen LogP contribution is 2.32. The lowest BCUT2D eigenvalue weighted by atomic mass is 10.1. The second-order valence-corrected chi connectivity index (χ2v) is 11.1. The van der Waals surface area contributed by atoms with Gasteiger partial charge < -0.3 is 0 Å². The van der Waals surface area contributed by atoms with Gasteiger partial charge in [-0.15, -0.1) is 11.3 Å². The SMILES string of the molecule is Cc1ccc(-c2csc(=Nc3c(C)cccc3C)n2/N=C\c2c(C)nn(-c3cccc(C(F)(F)F)c3)c2Cl)cc1C. The molecule has 5 rings (SSSR count). The molecule has 0 aliphatic carbocycles. The Balaban J connectivity index is 1.65. The van der Waals surface area contributed by atoms with Crippen molar-refractivity contribution in [1.82, 2.24) is 14.5 Å². The van der Waals surface area contributed by atoms with E-state index in [0.29, 0.717) is 16.1 Å². The van der Waals surface area contributed by atoms with Crippen LogP contribution >= 0.6 is 22.9 Å². The van der Waals surface area contributed by atoms with Crippen molar-refractivity contribution in [3.8, 4) is 16.9 Å². The van der Waals surface area contributed by atoms with Crippen LogP contribution in [0, 0.1) is 34.6 Å². The highest BCUT2D eigenvalue weighted by atomic mass is 35.5. The standard InChI is InChI=1S/C31H27ClF3N5S/c1-18-12-13-23(14-21(18)4)27-17-41-30(37-28-19(2)8-6-9-20(28)3)40(27)36-16-26-22(5)38-39(29(26)32)25-11-7-10-24(15-25)31(33,34)35/h6-17H,1-5H3/b36-16-,37-30?. The molecule has 0 saturated carbocycles. The minimum Gasteiger partial charge on any atom is -0.221 e. The third-order valence-corrected chi connectivity index (χ3v) is 8.08. The number of alkyl halides is 3. The predicted octanol–water partition coefficient (Wildman–Crippen LogP) is 8.73. The van der Waals surface area contributed by atoms with E-state index in [4.69, 9.17) is 21.7 Å². The molecule has 0 spiro atoms. The fourth-order valence-electron chi connectivity index (χ4n) is 4.42. The number of hydrogen-bond acceptors (Lipinski definition) is 4. The van der Waals surface area contributed by atoms with Crippen LogP contribution in [0.4, 0.5) is 18.9 Å². The predicted molar refractivity (Wildman–Crippen MR) is 160 cm³/mol. The average Bonchev–Trinajstić information content (AvgIpc) is 3.45. The first-order chi connectivity index (χ1) is 19.4. The summed E-state index contributed by atoms with van der Waals surface area (Å²) in [5.74, 6) is 0. The van der Waals surface area contributed by atoms with Crippen LogP contribution in [0.2, 0.25) is 5.15 Å². The molecule has 0 aliphatic heterocycles. The molecule has 3 aromatic carbocycles. The van der Waals surface area contributed by atoms with Crippen molar-refractivity contribution in [2.45, 2.75) is 40.8 Å². The molecule has 0 bridgehead atoms. The molecule has 0 fully saturated rings. The molecule has 5 nitrogen and oxygen atoms in total. The normalized spacial score (nSPS) is 12.6. The Bertz CT molecular complexity index is 1840. The number of hydrogen-bond donors (Lipinski definition) is 0. The van der Waals surface area contributed by atoms with Gasteiger partial charge in [-0.3, -0.25) is 0 Å². The first-order valence-electron chi connectivity index (χ1n) is 12.8. The van der Waals surface area contributed by atoms with E-state index in [-0.39, 0.29) is 10.8 Å². The van der Waals surface area contributed by atoms with E-state index in [1.54, 1.807) is 17.8 Å². The molecule has 0 aliphatic rings. The Morgan fingerprint density at radius 1 is 0.878 bits per heavy atom. The lowest BCUT2D eigenvalue weighted by molar-refractivity contribution is -0.137. The maximum Gasteiger partial charge on any atom is 0.416 e. The van der Waals surface area contributed by atoms with Crippen molar-refractivity contribution in [2.75, 3.05) is 0 Å². The van der Waals surface area contributed by atoms with Crippen molar-refractivity contribution in [2.24, 2.45) is 10.1 Å². The topological polar surface area (TPSA) is 47.5 Å². The third kappa shape index (κ3) is 5.78. The van der Waals surface area contributed by atoms with E-state index in [9.17, 15) is 13.2 Å². The summed E-state index contributed by atoms with van der Waals surface area (Å²) in [5.41, 5.74) is 7.56. The van der Waals surface area contributed by atoms with Crippen LogP contribution in [0.25, 0.3) is 16.9 Å². The monoisotopic (exact) mass is 593 g/mol. The van der Waals surface area contributed by atoms with Crippen LogP contribution in [-0.2, 0) is 6.18 Å². The quantitative estimate of drug-likeness (QED) is 0.188.